The van der Waals surface area contributed by atoms with Crippen LogP contribution in [0.5, 0.6) is 0 Å². The number of benzene rings is 2. The van der Waals surface area contributed by atoms with Crippen LogP contribution in [-0.4, -0.2) is 6.26 Å². The molecule has 1 N–H and O–H groups in total. The SMILES string of the molecule is CSc1cccc(NCc2ccc(Cl)cc2C)c1. The van der Waals surface area contributed by atoms with E-state index in [1.54, 1.807) is 11.8 Å². The van der Waals surface area contributed by atoms with Crippen LogP contribution in [0.1, 0.15) is 11.1 Å². The third-order valence-corrected chi connectivity index (χ3v) is 3.82. The Morgan fingerprint density at radius 2 is 2.00 bits per heavy atom. The van der Waals surface area contributed by atoms with Crippen molar-refractivity contribution in [2.75, 3.05) is 11.6 Å². The van der Waals surface area contributed by atoms with Gasteiger partial charge in [-0.3, -0.25) is 0 Å². The first-order valence-electron chi connectivity index (χ1n) is 5.82. The van der Waals surface area contributed by atoms with Crippen molar-refractivity contribution < 1.29 is 0 Å². The maximum absolute atomic E-state index is 5.95. The first-order valence-corrected chi connectivity index (χ1v) is 7.42. The van der Waals surface area contributed by atoms with E-state index in [9.17, 15) is 0 Å². The summed E-state index contributed by atoms with van der Waals surface area (Å²) in [4.78, 5) is 1.27. The van der Waals surface area contributed by atoms with Crippen LogP contribution in [0, 0.1) is 6.92 Å². The molecule has 2 aromatic carbocycles. The second-order valence-corrected chi connectivity index (χ2v) is 5.47. The van der Waals surface area contributed by atoms with Crippen molar-refractivity contribution in [2.45, 2.75) is 18.4 Å². The number of rotatable bonds is 4. The molecular formula is C15H16ClNS. The van der Waals surface area contributed by atoms with Gasteiger partial charge in [0.1, 0.15) is 0 Å². The lowest BCUT2D eigenvalue weighted by atomic mass is 10.1. The van der Waals surface area contributed by atoms with Crippen molar-refractivity contribution in [3.63, 3.8) is 0 Å². The van der Waals surface area contributed by atoms with E-state index in [1.807, 2.05) is 12.1 Å². The third-order valence-electron chi connectivity index (χ3n) is 2.86. The van der Waals surface area contributed by atoms with E-state index in [4.69, 9.17) is 11.6 Å². The molecule has 1 nitrogen and oxygen atoms in total. The van der Waals surface area contributed by atoms with Crippen LogP contribution in [-0.2, 0) is 6.54 Å². The Balaban J connectivity index is 2.06. The standard InChI is InChI=1S/C15H16ClNS/c1-11-8-13(16)7-6-12(11)10-17-14-4-3-5-15(9-14)18-2/h3-9,17H,10H2,1-2H3. The quantitative estimate of drug-likeness (QED) is 0.791. The van der Waals surface area contributed by atoms with Crippen molar-refractivity contribution in [1.82, 2.24) is 0 Å². The van der Waals surface area contributed by atoms with E-state index in [-0.39, 0.29) is 0 Å². The maximum Gasteiger partial charge on any atom is 0.0408 e. The number of hydrogen-bond donors (Lipinski definition) is 1. The van der Waals surface area contributed by atoms with E-state index in [0.29, 0.717) is 0 Å². The molecule has 2 aromatic rings. The Labute approximate surface area is 118 Å². The minimum absolute atomic E-state index is 0.792. The van der Waals surface area contributed by atoms with Crippen LogP contribution in [0.4, 0.5) is 5.69 Å². The average Bonchev–Trinajstić information content (AvgIpc) is 2.38. The van der Waals surface area contributed by atoms with E-state index in [0.717, 1.165) is 17.3 Å². The molecule has 0 saturated heterocycles. The Kier molecular flexibility index (Phi) is 4.56. The summed E-state index contributed by atoms with van der Waals surface area (Å²) in [6.45, 7) is 2.90. The number of hydrogen-bond acceptors (Lipinski definition) is 2. The smallest absolute Gasteiger partial charge is 0.0408 e. The molecule has 0 heterocycles. The van der Waals surface area contributed by atoms with Crippen LogP contribution in [0.2, 0.25) is 5.02 Å². The predicted octanol–water partition coefficient (Wildman–Crippen LogP) is 4.98. The summed E-state index contributed by atoms with van der Waals surface area (Å²) in [5.41, 5.74) is 3.64. The molecule has 0 aliphatic carbocycles. The molecular weight excluding hydrogens is 262 g/mol. The summed E-state index contributed by atoms with van der Waals surface area (Å²) < 4.78 is 0. The van der Waals surface area contributed by atoms with Crippen molar-refractivity contribution in [3.8, 4) is 0 Å². The van der Waals surface area contributed by atoms with Gasteiger partial charge in [0.25, 0.3) is 0 Å². The molecule has 0 aliphatic rings. The number of halogens is 1. The summed E-state index contributed by atoms with van der Waals surface area (Å²) >= 11 is 7.70. The number of anilines is 1. The molecule has 0 fully saturated rings. The summed E-state index contributed by atoms with van der Waals surface area (Å²) in [6.07, 6.45) is 2.09. The summed E-state index contributed by atoms with van der Waals surface area (Å²) in [5.74, 6) is 0. The highest BCUT2D eigenvalue weighted by Crippen LogP contribution is 2.20. The van der Waals surface area contributed by atoms with E-state index in [2.05, 4.69) is 48.8 Å². The number of nitrogens with one attached hydrogen (secondary N) is 1. The first kappa shape index (κ1) is 13.3. The molecule has 3 heteroatoms. The van der Waals surface area contributed by atoms with Gasteiger partial charge in [-0.15, -0.1) is 11.8 Å². The molecule has 0 saturated carbocycles. The fourth-order valence-electron chi connectivity index (χ4n) is 1.79. The predicted molar refractivity (Wildman–Crippen MR) is 81.7 cm³/mol. The monoisotopic (exact) mass is 277 g/mol. The van der Waals surface area contributed by atoms with Crippen molar-refractivity contribution >= 4 is 29.1 Å². The minimum atomic E-state index is 0.792. The highest BCUT2D eigenvalue weighted by Gasteiger charge is 2.00. The molecule has 94 valence electrons. The molecule has 0 radical (unpaired) electrons. The summed E-state index contributed by atoms with van der Waals surface area (Å²) in [6, 6.07) is 14.4. The summed E-state index contributed by atoms with van der Waals surface area (Å²) in [7, 11) is 0. The average molecular weight is 278 g/mol. The second kappa shape index (κ2) is 6.17. The van der Waals surface area contributed by atoms with Gasteiger partial charge in [-0.05, 0) is 54.6 Å². The van der Waals surface area contributed by atoms with Gasteiger partial charge in [0.05, 0.1) is 0 Å². The minimum Gasteiger partial charge on any atom is -0.381 e. The Morgan fingerprint density at radius 3 is 2.72 bits per heavy atom. The number of thioether (sulfide) groups is 1. The van der Waals surface area contributed by atoms with E-state index < -0.39 is 0 Å². The first-order chi connectivity index (χ1) is 8.69. The van der Waals surface area contributed by atoms with E-state index >= 15 is 0 Å². The zero-order chi connectivity index (χ0) is 13.0. The molecule has 0 bridgehead atoms. The van der Waals surface area contributed by atoms with Gasteiger partial charge in [0.2, 0.25) is 0 Å². The zero-order valence-electron chi connectivity index (χ0n) is 10.5. The normalized spacial score (nSPS) is 10.4. The van der Waals surface area contributed by atoms with Crippen LogP contribution < -0.4 is 5.32 Å². The largest absolute Gasteiger partial charge is 0.381 e. The molecule has 0 unspecified atom stereocenters. The van der Waals surface area contributed by atoms with Crippen molar-refractivity contribution in [2.24, 2.45) is 0 Å². The molecule has 18 heavy (non-hydrogen) atoms. The third kappa shape index (κ3) is 3.44. The Morgan fingerprint density at radius 1 is 1.17 bits per heavy atom. The van der Waals surface area contributed by atoms with Crippen molar-refractivity contribution in [3.05, 3.63) is 58.6 Å². The van der Waals surface area contributed by atoms with Gasteiger partial charge < -0.3 is 5.32 Å². The number of aryl methyl sites for hydroxylation is 1. The molecule has 0 aliphatic heterocycles. The Hall–Kier alpha value is -1.12. The van der Waals surface area contributed by atoms with Crippen LogP contribution in [0.15, 0.2) is 47.4 Å². The van der Waals surface area contributed by atoms with Gasteiger partial charge in [-0.25, -0.2) is 0 Å². The molecule has 0 aromatic heterocycles. The molecule has 2 rings (SSSR count). The van der Waals surface area contributed by atoms with Crippen LogP contribution >= 0.6 is 23.4 Å². The van der Waals surface area contributed by atoms with Gasteiger partial charge in [-0.1, -0.05) is 23.7 Å². The highest BCUT2D eigenvalue weighted by atomic mass is 35.5. The van der Waals surface area contributed by atoms with Gasteiger partial charge in [0.15, 0.2) is 0 Å². The summed E-state index contributed by atoms with van der Waals surface area (Å²) in [5, 5.41) is 4.23. The Bertz CT molecular complexity index is 540. The fourth-order valence-corrected chi connectivity index (χ4v) is 2.47. The van der Waals surface area contributed by atoms with E-state index in [1.165, 1.54) is 16.0 Å². The topological polar surface area (TPSA) is 12.0 Å². The van der Waals surface area contributed by atoms with Crippen LogP contribution in [0.3, 0.4) is 0 Å². The maximum atomic E-state index is 5.95. The van der Waals surface area contributed by atoms with Crippen molar-refractivity contribution in [1.29, 1.82) is 0 Å². The zero-order valence-corrected chi connectivity index (χ0v) is 12.1. The van der Waals surface area contributed by atoms with Gasteiger partial charge >= 0.3 is 0 Å². The molecule has 0 spiro atoms. The lowest BCUT2D eigenvalue weighted by Gasteiger charge is -2.10. The molecule has 0 amide bonds. The van der Waals surface area contributed by atoms with Crippen LogP contribution in [0.25, 0.3) is 0 Å². The molecule has 0 atom stereocenters. The lowest BCUT2D eigenvalue weighted by Crippen LogP contribution is -2.01. The van der Waals surface area contributed by atoms with Gasteiger partial charge in [-0.2, -0.15) is 0 Å². The lowest BCUT2D eigenvalue weighted by molar-refractivity contribution is 1.12. The van der Waals surface area contributed by atoms with Gasteiger partial charge in [0, 0.05) is 22.2 Å². The second-order valence-electron chi connectivity index (χ2n) is 4.16. The highest BCUT2D eigenvalue weighted by molar-refractivity contribution is 7.98. The fraction of sp³-hybridized carbons (Fsp3) is 0.200.